The molecule has 0 aliphatic carbocycles. The number of hydrogen-bond donors (Lipinski definition) is 2. The standard InChI is InChI=1S/C10H14ClN3O2/c1-12-9-5-7(8(11)6-13-9)10(16)14(2)3-4-15/h5-6,15H,3-4H2,1-2H3,(H,12,13). The van der Waals surface area contributed by atoms with Gasteiger partial charge in [-0.15, -0.1) is 0 Å². The predicted molar refractivity (Wildman–Crippen MR) is 62.8 cm³/mol. The van der Waals surface area contributed by atoms with Crippen LogP contribution in [0.4, 0.5) is 5.82 Å². The van der Waals surface area contributed by atoms with Crippen molar-refractivity contribution in [2.75, 3.05) is 32.6 Å². The van der Waals surface area contributed by atoms with Crippen LogP contribution in [0.1, 0.15) is 10.4 Å². The van der Waals surface area contributed by atoms with Crippen molar-refractivity contribution in [1.29, 1.82) is 0 Å². The second kappa shape index (κ2) is 5.67. The fourth-order valence-corrected chi connectivity index (χ4v) is 1.38. The lowest BCUT2D eigenvalue weighted by atomic mass is 10.2. The molecule has 0 saturated carbocycles. The fourth-order valence-electron chi connectivity index (χ4n) is 1.20. The first kappa shape index (κ1) is 12.7. The van der Waals surface area contributed by atoms with Crippen molar-refractivity contribution < 1.29 is 9.90 Å². The van der Waals surface area contributed by atoms with Gasteiger partial charge in [-0.25, -0.2) is 4.98 Å². The third kappa shape index (κ3) is 2.84. The van der Waals surface area contributed by atoms with E-state index in [2.05, 4.69) is 10.3 Å². The van der Waals surface area contributed by atoms with Crippen LogP contribution in [0.5, 0.6) is 0 Å². The number of anilines is 1. The Morgan fingerprint density at radius 3 is 2.94 bits per heavy atom. The van der Waals surface area contributed by atoms with Gasteiger partial charge in [0, 0.05) is 26.8 Å². The lowest BCUT2D eigenvalue weighted by Crippen LogP contribution is -2.29. The molecule has 0 aliphatic heterocycles. The molecule has 1 aromatic rings. The molecule has 1 amide bonds. The third-order valence-electron chi connectivity index (χ3n) is 2.12. The van der Waals surface area contributed by atoms with E-state index in [1.165, 1.54) is 11.1 Å². The molecular formula is C10H14ClN3O2. The Hall–Kier alpha value is -1.33. The summed E-state index contributed by atoms with van der Waals surface area (Å²) in [6, 6.07) is 1.58. The minimum absolute atomic E-state index is 0.0795. The zero-order valence-electron chi connectivity index (χ0n) is 9.20. The van der Waals surface area contributed by atoms with Crippen LogP contribution in [-0.2, 0) is 0 Å². The highest BCUT2D eigenvalue weighted by Crippen LogP contribution is 2.19. The molecule has 2 N–H and O–H groups in total. The Kier molecular flexibility index (Phi) is 4.52. The number of nitrogens with zero attached hydrogens (tertiary/aromatic N) is 2. The largest absolute Gasteiger partial charge is 0.395 e. The topological polar surface area (TPSA) is 65.5 Å². The van der Waals surface area contributed by atoms with Gasteiger partial charge in [-0.2, -0.15) is 0 Å². The fraction of sp³-hybridized carbons (Fsp3) is 0.400. The van der Waals surface area contributed by atoms with Crippen molar-refractivity contribution in [3.63, 3.8) is 0 Å². The summed E-state index contributed by atoms with van der Waals surface area (Å²) < 4.78 is 0. The van der Waals surface area contributed by atoms with Crippen LogP contribution in [0.15, 0.2) is 12.3 Å². The monoisotopic (exact) mass is 243 g/mol. The van der Waals surface area contributed by atoms with Crippen molar-refractivity contribution in [3.8, 4) is 0 Å². The van der Waals surface area contributed by atoms with Crippen LogP contribution >= 0.6 is 11.6 Å². The molecule has 1 aromatic heterocycles. The molecule has 1 rings (SSSR count). The molecule has 0 bridgehead atoms. The highest BCUT2D eigenvalue weighted by Gasteiger charge is 2.15. The van der Waals surface area contributed by atoms with Crippen LogP contribution in [0, 0.1) is 0 Å². The lowest BCUT2D eigenvalue weighted by Gasteiger charge is -2.16. The number of carbonyl (C=O) groups excluding carboxylic acids is 1. The smallest absolute Gasteiger partial charge is 0.255 e. The number of aliphatic hydroxyl groups is 1. The van der Waals surface area contributed by atoms with Gasteiger partial charge in [0.25, 0.3) is 5.91 Å². The molecular weight excluding hydrogens is 230 g/mol. The van der Waals surface area contributed by atoms with E-state index in [9.17, 15) is 4.79 Å². The number of carbonyl (C=O) groups is 1. The molecule has 0 radical (unpaired) electrons. The van der Waals surface area contributed by atoms with Crippen LogP contribution < -0.4 is 5.32 Å². The summed E-state index contributed by atoms with van der Waals surface area (Å²) in [4.78, 5) is 17.3. The molecule has 0 atom stereocenters. The van der Waals surface area contributed by atoms with Crippen molar-refractivity contribution in [1.82, 2.24) is 9.88 Å². The predicted octanol–water partition coefficient (Wildman–Crippen LogP) is 0.841. The van der Waals surface area contributed by atoms with E-state index < -0.39 is 0 Å². The number of pyridine rings is 1. The van der Waals surface area contributed by atoms with Crippen LogP contribution in [0.2, 0.25) is 5.02 Å². The Morgan fingerprint density at radius 2 is 2.38 bits per heavy atom. The molecule has 0 aromatic carbocycles. The zero-order valence-corrected chi connectivity index (χ0v) is 9.95. The molecule has 6 heteroatoms. The minimum Gasteiger partial charge on any atom is -0.395 e. The number of hydrogen-bond acceptors (Lipinski definition) is 4. The van der Waals surface area contributed by atoms with Gasteiger partial charge in [0.2, 0.25) is 0 Å². The van der Waals surface area contributed by atoms with Gasteiger partial charge in [-0.05, 0) is 6.07 Å². The minimum atomic E-state index is -0.238. The lowest BCUT2D eigenvalue weighted by molar-refractivity contribution is 0.0767. The Morgan fingerprint density at radius 1 is 1.69 bits per heavy atom. The number of aromatic nitrogens is 1. The van der Waals surface area contributed by atoms with Gasteiger partial charge >= 0.3 is 0 Å². The van der Waals surface area contributed by atoms with E-state index in [0.29, 0.717) is 16.4 Å². The maximum Gasteiger partial charge on any atom is 0.255 e. The SMILES string of the molecule is CNc1cc(C(=O)N(C)CCO)c(Cl)cn1. The van der Waals surface area contributed by atoms with E-state index >= 15 is 0 Å². The number of nitrogens with one attached hydrogen (secondary N) is 1. The molecule has 88 valence electrons. The summed E-state index contributed by atoms with van der Waals surface area (Å²) in [5.41, 5.74) is 0.372. The normalized spacial score (nSPS) is 10.0. The van der Waals surface area contributed by atoms with Gasteiger partial charge in [-0.3, -0.25) is 4.79 Å². The van der Waals surface area contributed by atoms with Crippen molar-refractivity contribution in [2.24, 2.45) is 0 Å². The second-order valence-electron chi connectivity index (χ2n) is 3.25. The van der Waals surface area contributed by atoms with Gasteiger partial charge in [0.05, 0.1) is 17.2 Å². The number of rotatable bonds is 4. The van der Waals surface area contributed by atoms with E-state index in [0.717, 1.165) is 0 Å². The highest BCUT2D eigenvalue weighted by atomic mass is 35.5. The summed E-state index contributed by atoms with van der Waals surface area (Å²) in [7, 11) is 3.32. The molecule has 16 heavy (non-hydrogen) atoms. The van der Waals surface area contributed by atoms with Gasteiger partial charge in [0.15, 0.2) is 0 Å². The van der Waals surface area contributed by atoms with Gasteiger partial charge in [0.1, 0.15) is 5.82 Å². The molecule has 0 unspecified atom stereocenters. The van der Waals surface area contributed by atoms with Crippen molar-refractivity contribution in [2.45, 2.75) is 0 Å². The van der Waals surface area contributed by atoms with Gasteiger partial charge in [-0.1, -0.05) is 11.6 Å². The maximum absolute atomic E-state index is 11.9. The number of amides is 1. The second-order valence-corrected chi connectivity index (χ2v) is 3.66. The molecule has 0 aliphatic rings. The number of likely N-dealkylation sites (N-methyl/N-ethyl adjacent to an activating group) is 1. The molecule has 0 saturated heterocycles. The molecule has 1 heterocycles. The van der Waals surface area contributed by atoms with E-state index in [1.54, 1.807) is 20.2 Å². The van der Waals surface area contributed by atoms with E-state index in [-0.39, 0.29) is 19.1 Å². The Bertz CT molecular complexity index is 384. The van der Waals surface area contributed by atoms with Crippen LogP contribution in [0.3, 0.4) is 0 Å². The first-order valence-electron chi connectivity index (χ1n) is 4.79. The average Bonchev–Trinajstić information content (AvgIpc) is 2.29. The maximum atomic E-state index is 11.9. The number of aliphatic hydroxyl groups excluding tert-OH is 1. The number of halogens is 1. The first-order valence-corrected chi connectivity index (χ1v) is 5.17. The zero-order chi connectivity index (χ0) is 12.1. The quantitative estimate of drug-likeness (QED) is 0.823. The van der Waals surface area contributed by atoms with Crippen LogP contribution in [-0.4, -0.2) is 48.1 Å². The average molecular weight is 244 g/mol. The molecule has 0 spiro atoms. The van der Waals surface area contributed by atoms with E-state index in [1.807, 2.05) is 0 Å². The summed E-state index contributed by atoms with van der Waals surface area (Å²) in [5.74, 6) is 0.336. The molecule has 0 fully saturated rings. The summed E-state index contributed by atoms with van der Waals surface area (Å²) in [5, 5.41) is 11.9. The summed E-state index contributed by atoms with van der Waals surface area (Å²) in [6.07, 6.45) is 1.42. The Labute approximate surface area is 99.0 Å². The van der Waals surface area contributed by atoms with E-state index in [4.69, 9.17) is 16.7 Å². The summed E-state index contributed by atoms with van der Waals surface area (Å²) in [6.45, 7) is 0.191. The van der Waals surface area contributed by atoms with Crippen LogP contribution in [0.25, 0.3) is 0 Å². The van der Waals surface area contributed by atoms with Crippen molar-refractivity contribution >= 4 is 23.3 Å². The molecule has 5 nitrogen and oxygen atoms in total. The Balaban J connectivity index is 2.97. The first-order chi connectivity index (χ1) is 7.60. The summed E-state index contributed by atoms with van der Waals surface area (Å²) >= 11 is 5.89. The third-order valence-corrected chi connectivity index (χ3v) is 2.43. The highest BCUT2D eigenvalue weighted by molar-refractivity contribution is 6.33. The van der Waals surface area contributed by atoms with Gasteiger partial charge < -0.3 is 15.3 Å². The van der Waals surface area contributed by atoms with Crippen molar-refractivity contribution in [3.05, 3.63) is 22.8 Å².